The van der Waals surface area contributed by atoms with Gasteiger partial charge < -0.3 is 9.31 Å². The van der Waals surface area contributed by atoms with Gasteiger partial charge in [-0.05, 0) is 0 Å². The predicted octanol–water partition coefficient (Wildman–Crippen LogP) is 3.51. The molecule has 0 spiro atoms. The second-order valence-electron chi connectivity index (χ2n) is 3.73. The third kappa shape index (κ3) is 3.42. The van der Waals surface area contributed by atoms with Crippen LogP contribution in [-0.2, 0) is 0 Å². The lowest BCUT2D eigenvalue weighted by atomic mass is 10.2. The summed E-state index contributed by atoms with van der Waals surface area (Å²) in [6.45, 7) is 0. The maximum atomic E-state index is 13.2. The minimum Gasteiger partial charge on any atom is -0.524 e. The van der Waals surface area contributed by atoms with Crippen LogP contribution in [0.4, 0.5) is 26.3 Å². The Kier molecular flexibility index (Phi) is 4.30. The monoisotopic (exact) mass is 305 g/mol. The first-order valence-electron chi connectivity index (χ1n) is 5.32. The molecule has 0 fully saturated rings. The van der Waals surface area contributed by atoms with E-state index in [4.69, 9.17) is 0 Å². The highest BCUT2D eigenvalue weighted by Crippen LogP contribution is 2.22. The molecule has 2 aromatic rings. The van der Waals surface area contributed by atoms with Crippen LogP contribution in [0.2, 0.25) is 0 Å². The first kappa shape index (κ1) is 15.1. The zero-order chi connectivity index (χ0) is 15.6. The molecule has 2 aromatic carbocycles. The Morgan fingerprint density at radius 3 is 1.24 bits per heavy atom. The Labute approximate surface area is 115 Å². The van der Waals surface area contributed by atoms with Crippen LogP contribution in [0.25, 0.3) is 0 Å². The van der Waals surface area contributed by atoms with Gasteiger partial charge in [-0.15, -0.1) is 0 Å². The molecule has 0 amide bonds. The molecular weight excluding hydrogens is 301 g/mol. The maximum absolute atomic E-state index is 13.2. The Morgan fingerprint density at radius 2 is 0.857 bits per heavy atom. The highest BCUT2D eigenvalue weighted by atomic mass is 19.2. The molecule has 0 bridgehead atoms. The van der Waals surface area contributed by atoms with Crippen molar-refractivity contribution in [3.8, 4) is 11.5 Å². The Balaban J connectivity index is 2.05. The van der Waals surface area contributed by atoms with E-state index in [-0.39, 0.29) is 12.1 Å². The molecule has 109 valence electrons. The average Bonchev–Trinajstić information content (AvgIpc) is 2.41. The van der Waals surface area contributed by atoms with E-state index in [1.54, 1.807) is 0 Å². The van der Waals surface area contributed by atoms with Crippen LogP contribution in [0.15, 0.2) is 24.3 Å². The second-order valence-corrected chi connectivity index (χ2v) is 3.73. The summed E-state index contributed by atoms with van der Waals surface area (Å²) in [7, 11) is 0.353. The number of hydrogen-bond donors (Lipinski definition) is 0. The highest BCUT2D eigenvalue weighted by Gasteiger charge is 2.15. The summed E-state index contributed by atoms with van der Waals surface area (Å²) >= 11 is 0. The summed E-state index contributed by atoms with van der Waals surface area (Å²) in [5, 5.41) is 0. The lowest BCUT2D eigenvalue weighted by Crippen LogP contribution is -2.13. The zero-order valence-corrected chi connectivity index (χ0v) is 9.97. The molecule has 1 radical (unpaired) electrons. The third-order valence-corrected chi connectivity index (χ3v) is 2.30. The summed E-state index contributed by atoms with van der Waals surface area (Å²) in [5.41, 5.74) is 0. The van der Waals surface area contributed by atoms with Crippen molar-refractivity contribution in [1.82, 2.24) is 0 Å². The molecule has 21 heavy (non-hydrogen) atoms. The van der Waals surface area contributed by atoms with Crippen LogP contribution >= 0.6 is 0 Å². The predicted molar refractivity (Wildman–Crippen MR) is 59.6 cm³/mol. The number of rotatable bonds is 4. The van der Waals surface area contributed by atoms with Gasteiger partial charge in [-0.25, -0.2) is 26.3 Å². The van der Waals surface area contributed by atoms with Crippen LogP contribution in [0, 0.1) is 34.9 Å². The van der Waals surface area contributed by atoms with E-state index in [2.05, 4.69) is 9.31 Å². The number of hydrogen-bond acceptors (Lipinski definition) is 2. The molecule has 0 heterocycles. The average molecular weight is 305 g/mol. The molecule has 0 aliphatic heterocycles. The summed E-state index contributed by atoms with van der Waals surface area (Å²) in [5.74, 6) is -9.55. The van der Waals surface area contributed by atoms with Gasteiger partial charge in [0.25, 0.3) is 0 Å². The van der Waals surface area contributed by atoms with Gasteiger partial charge in [0.1, 0.15) is 11.5 Å². The Hall–Kier alpha value is -2.32. The van der Waals surface area contributed by atoms with Crippen molar-refractivity contribution in [2.45, 2.75) is 0 Å². The molecule has 0 unspecified atom stereocenters. The van der Waals surface area contributed by atoms with Gasteiger partial charge in [0.2, 0.25) is 0 Å². The van der Waals surface area contributed by atoms with Gasteiger partial charge in [-0.1, -0.05) is 0 Å². The molecule has 0 aromatic heterocycles. The molecule has 0 saturated carbocycles. The molecule has 0 saturated heterocycles. The van der Waals surface area contributed by atoms with E-state index in [1.165, 1.54) is 0 Å². The lowest BCUT2D eigenvalue weighted by molar-refractivity contribution is 0.405. The fraction of sp³-hybridized carbons (Fsp3) is 0. The zero-order valence-electron chi connectivity index (χ0n) is 9.97. The second kappa shape index (κ2) is 5.98. The quantitative estimate of drug-likeness (QED) is 0.489. The summed E-state index contributed by atoms with van der Waals surface area (Å²) in [6, 6.07) is 1.26. The normalized spacial score (nSPS) is 10.4. The summed E-state index contributed by atoms with van der Waals surface area (Å²) in [6.07, 6.45) is 0. The van der Waals surface area contributed by atoms with E-state index < -0.39 is 46.4 Å². The minimum absolute atomic E-state index is 0.233. The van der Waals surface area contributed by atoms with Crippen molar-refractivity contribution in [2.75, 3.05) is 0 Å². The van der Waals surface area contributed by atoms with Gasteiger partial charge in [-0.3, -0.25) is 0 Å². The fourth-order valence-corrected chi connectivity index (χ4v) is 1.32. The molecule has 0 aliphatic rings. The van der Waals surface area contributed by atoms with Gasteiger partial charge >= 0.3 is 7.69 Å². The third-order valence-electron chi connectivity index (χ3n) is 2.30. The van der Waals surface area contributed by atoms with Gasteiger partial charge in [-0.2, -0.15) is 0 Å². The first-order chi connectivity index (χ1) is 9.88. The number of halogens is 6. The van der Waals surface area contributed by atoms with Crippen molar-refractivity contribution in [3.05, 3.63) is 59.2 Å². The lowest BCUT2D eigenvalue weighted by Gasteiger charge is -2.08. The highest BCUT2D eigenvalue weighted by molar-refractivity contribution is 6.20. The Morgan fingerprint density at radius 1 is 0.524 bits per heavy atom. The van der Waals surface area contributed by atoms with Crippen molar-refractivity contribution < 1.29 is 35.7 Å². The van der Waals surface area contributed by atoms with Crippen molar-refractivity contribution in [3.63, 3.8) is 0 Å². The standard InChI is InChI=1S/C12H4BF6O2/c14-5-1-9(18)11(3-7(5)16)20-13-21-12-4-8(17)6(15)2-10(12)19/h1-4H. The van der Waals surface area contributed by atoms with Crippen molar-refractivity contribution in [1.29, 1.82) is 0 Å². The molecule has 0 N–H and O–H groups in total. The molecule has 2 nitrogen and oxygen atoms in total. The largest absolute Gasteiger partial charge is 0.658 e. The van der Waals surface area contributed by atoms with Crippen molar-refractivity contribution >= 4 is 7.69 Å². The first-order valence-corrected chi connectivity index (χ1v) is 5.32. The summed E-state index contributed by atoms with van der Waals surface area (Å²) < 4.78 is 86.3. The van der Waals surface area contributed by atoms with E-state index in [1.807, 2.05) is 0 Å². The van der Waals surface area contributed by atoms with Gasteiger partial charge in [0.15, 0.2) is 34.9 Å². The smallest absolute Gasteiger partial charge is 0.524 e. The molecule has 9 heteroatoms. The van der Waals surface area contributed by atoms with E-state index in [0.717, 1.165) is 0 Å². The topological polar surface area (TPSA) is 18.5 Å². The molecule has 0 aliphatic carbocycles. The molecular formula is C12H4BF6O2. The maximum Gasteiger partial charge on any atom is 0.658 e. The fourth-order valence-electron chi connectivity index (χ4n) is 1.32. The van der Waals surface area contributed by atoms with Gasteiger partial charge in [0.05, 0.1) is 0 Å². The van der Waals surface area contributed by atoms with E-state index in [0.29, 0.717) is 19.8 Å². The molecule has 0 atom stereocenters. The minimum atomic E-state index is -1.42. The van der Waals surface area contributed by atoms with Crippen molar-refractivity contribution in [2.24, 2.45) is 0 Å². The van der Waals surface area contributed by atoms with Crippen LogP contribution in [-0.4, -0.2) is 7.69 Å². The van der Waals surface area contributed by atoms with E-state index >= 15 is 0 Å². The van der Waals surface area contributed by atoms with Crippen LogP contribution in [0.5, 0.6) is 11.5 Å². The Bertz CT molecular complexity index is 622. The van der Waals surface area contributed by atoms with Crippen LogP contribution < -0.4 is 9.31 Å². The van der Waals surface area contributed by atoms with Crippen LogP contribution in [0.1, 0.15) is 0 Å². The van der Waals surface area contributed by atoms with Crippen LogP contribution in [0.3, 0.4) is 0 Å². The number of benzene rings is 2. The SMILES string of the molecule is Fc1cc(F)c(O[B]Oc2cc(F)c(F)cc2F)cc1F. The van der Waals surface area contributed by atoms with Gasteiger partial charge in [0, 0.05) is 24.3 Å². The van der Waals surface area contributed by atoms with E-state index in [9.17, 15) is 26.3 Å². The molecule has 2 rings (SSSR count). The summed E-state index contributed by atoms with van der Waals surface area (Å²) in [4.78, 5) is 0.